The highest BCUT2D eigenvalue weighted by Gasteiger charge is 2.20. The van der Waals surface area contributed by atoms with Crippen LogP contribution in [0.25, 0.3) is 11.1 Å². The predicted octanol–water partition coefficient (Wildman–Crippen LogP) is 4.07. The van der Waals surface area contributed by atoms with E-state index in [2.05, 4.69) is 6.92 Å². The van der Waals surface area contributed by atoms with Gasteiger partial charge in [0.2, 0.25) is 0 Å². The summed E-state index contributed by atoms with van der Waals surface area (Å²) in [6.07, 6.45) is 0. The van der Waals surface area contributed by atoms with E-state index in [4.69, 9.17) is 0 Å². The van der Waals surface area contributed by atoms with Crippen molar-refractivity contribution in [2.24, 2.45) is 0 Å². The highest BCUT2D eigenvalue weighted by molar-refractivity contribution is 7.98. The van der Waals surface area contributed by atoms with Gasteiger partial charge in [-0.3, -0.25) is 0 Å². The second-order valence-electron chi connectivity index (χ2n) is 4.57. The zero-order valence-corrected chi connectivity index (χ0v) is 10.9. The first-order valence-electron chi connectivity index (χ1n) is 5.92. The average molecular weight is 258 g/mol. The fraction of sp³-hybridized carbons (Fsp3) is 0.200. The van der Waals surface area contributed by atoms with Gasteiger partial charge in [0.05, 0.1) is 0 Å². The number of phenolic OH excluding ortho intramolecular Hbond substituents is 2. The molecule has 0 saturated carbocycles. The zero-order chi connectivity index (χ0) is 12.7. The van der Waals surface area contributed by atoms with Gasteiger partial charge in [-0.25, -0.2) is 0 Å². The second kappa shape index (κ2) is 4.25. The topological polar surface area (TPSA) is 40.5 Å². The van der Waals surface area contributed by atoms with Crippen molar-refractivity contribution in [3.63, 3.8) is 0 Å². The van der Waals surface area contributed by atoms with E-state index < -0.39 is 0 Å². The lowest BCUT2D eigenvalue weighted by molar-refractivity contribution is 0.474. The zero-order valence-electron chi connectivity index (χ0n) is 10.1. The molecule has 0 aromatic heterocycles. The first-order valence-corrected chi connectivity index (χ1v) is 6.97. The Labute approximate surface area is 110 Å². The Balaban J connectivity index is 2.26. The third kappa shape index (κ3) is 1.85. The summed E-state index contributed by atoms with van der Waals surface area (Å²) >= 11 is 1.82. The van der Waals surface area contributed by atoms with Gasteiger partial charge >= 0.3 is 0 Å². The molecule has 1 atom stereocenters. The third-order valence-corrected chi connectivity index (χ3v) is 4.57. The van der Waals surface area contributed by atoms with Gasteiger partial charge in [-0.05, 0) is 53.4 Å². The molecule has 92 valence electrons. The van der Waals surface area contributed by atoms with E-state index >= 15 is 0 Å². The molecule has 18 heavy (non-hydrogen) atoms. The highest BCUT2D eigenvalue weighted by Crippen LogP contribution is 2.44. The van der Waals surface area contributed by atoms with Gasteiger partial charge < -0.3 is 10.2 Å². The summed E-state index contributed by atoms with van der Waals surface area (Å²) in [7, 11) is 0. The Morgan fingerprint density at radius 2 is 1.67 bits per heavy atom. The Morgan fingerprint density at radius 1 is 1.00 bits per heavy atom. The standard InChI is InChI=1S/C15H14O2S/c1-9-15-7-12(17)3-5-14(15)13-4-2-11(16)6-10(13)8-18-9/h2-7,9,16-17H,8H2,1H3. The van der Waals surface area contributed by atoms with Crippen molar-refractivity contribution in [1.82, 2.24) is 0 Å². The molecule has 2 nitrogen and oxygen atoms in total. The van der Waals surface area contributed by atoms with E-state index in [1.165, 1.54) is 0 Å². The van der Waals surface area contributed by atoms with Crippen molar-refractivity contribution >= 4 is 11.8 Å². The van der Waals surface area contributed by atoms with Crippen LogP contribution in [0, 0.1) is 0 Å². The monoisotopic (exact) mass is 258 g/mol. The van der Waals surface area contributed by atoms with Gasteiger partial charge in [0, 0.05) is 11.0 Å². The average Bonchev–Trinajstić information content (AvgIpc) is 2.48. The quantitative estimate of drug-likeness (QED) is 0.748. The first-order chi connectivity index (χ1) is 8.65. The fourth-order valence-electron chi connectivity index (χ4n) is 2.40. The van der Waals surface area contributed by atoms with Crippen LogP contribution in [0.15, 0.2) is 36.4 Å². The molecule has 3 heteroatoms. The number of aromatic hydroxyl groups is 2. The Kier molecular flexibility index (Phi) is 2.71. The smallest absolute Gasteiger partial charge is 0.115 e. The lowest BCUT2D eigenvalue weighted by Crippen LogP contribution is -1.90. The summed E-state index contributed by atoms with van der Waals surface area (Å²) in [6.45, 7) is 2.15. The van der Waals surface area contributed by atoms with Crippen LogP contribution in [0.3, 0.4) is 0 Å². The van der Waals surface area contributed by atoms with Crippen LogP contribution in [0.1, 0.15) is 23.3 Å². The number of benzene rings is 2. The van der Waals surface area contributed by atoms with Crippen molar-refractivity contribution in [3.05, 3.63) is 47.5 Å². The Bertz CT molecular complexity index is 607. The number of rotatable bonds is 0. The van der Waals surface area contributed by atoms with Crippen molar-refractivity contribution in [1.29, 1.82) is 0 Å². The fourth-order valence-corrected chi connectivity index (χ4v) is 3.44. The van der Waals surface area contributed by atoms with Gasteiger partial charge in [-0.15, -0.1) is 11.8 Å². The molecule has 3 rings (SSSR count). The largest absolute Gasteiger partial charge is 0.508 e. The van der Waals surface area contributed by atoms with Crippen LogP contribution >= 0.6 is 11.8 Å². The first kappa shape index (κ1) is 11.5. The molecule has 1 unspecified atom stereocenters. The maximum Gasteiger partial charge on any atom is 0.115 e. The minimum absolute atomic E-state index is 0.309. The predicted molar refractivity (Wildman–Crippen MR) is 74.9 cm³/mol. The van der Waals surface area contributed by atoms with Crippen LogP contribution in [0.5, 0.6) is 11.5 Å². The molecule has 0 aliphatic carbocycles. The summed E-state index contributed by atoms with van der Waals surface area (Å²) in [5, 5.41) is 19.6. The number of thioether (sulfide) groups is 1. The Morgan fingerprint density at radius 3 is 2.44 bits per heavy atom. The van der Waals surface area contributed by atoms with Gasteiger partial charge in [-0.1, -0.05) is 12.1 Å². The lowest BCUT2D eigenvalue weighted by Gasteiger charge is -2.12. The molecule has 0 saturated heterocycles. The summed E-state index contributed by atoms with van der Waals surface area (Å²) in [4.78, 5) is 0. The molecular formula is C15H14O2S. The molecule has 2 aromatic rings. The van der Waals surface area contributed by atoms with E-state index in [0.717, 1.165) is 28.0 Å². The van der Waals surface area contributed by atoms with Crippen molar-refractivity contribution in [2.75, 3.05) is 0 Å². The van der Waals surface area contributed by atoms with Crippen LogP contribution in [-0.2, 0) is 5.75 Å². The van der Waals surface area contributed by atoms with Crippen LogP contribution < -0.4 is 0 Å². The molecule has 1 heterocycles. The molecule has 0 spiro atoms. The van der Waals surface area contributed by atoms with E-state index in [1.807, 2.05) is 36.0 Å². The SMILES string of the molecule is CC1SCc2cc(O)ccc2-c2ccc(O)cc21. The van der Waals surface area contributed by atoms with Crippen molar-refractivity contribution in [3.8, 4) is 22.6 Å². The van der Waals surface area contributed by atoms with Gasteiger partial charge in [-0.2, -0.15) is 0 Å². The van der Waals surface area contributed by atoms with Crippen molar-refractivity contribution < 1.29 is 10.2 Å². The van der Waals surface area contributed by atoms with E-state index in [1.54, 1.807) is 12.1 Å². The number of hydrogen-bond acceptors (Lipinski definition) is 3. The van der Waals surface area contributed by atoms with E-state index in [-0.39, 0.29) is 0 Å². The van der Waals surface area contributed by atoms with Gasteiger partial charge in [0.25, 0.3) is 0 Å². The highest BCUT2D eigenvalue weighted by atomic mass is 32.2. The van der Waals surface area contributed by atoms with Gasteiger partial charge in [0.15, 0.2) is 0 Å². The third-order valence-electron chi connectivity index (χ3n) is 3.34. The molecule has 0 fully saturated rings. The molecule has 2 N–H and O–H groups in total. The maximum absolute atomic E-state index is 9.64. The summed E-state index contributed by atoms with van der Waals surface area (Å²) in [5.74, 6) is 1.49. The maximum atomic E-state index is 9.64. The summed E-state index contributed by atoms with van der Waals surface area (Å²) in [5.41, 5.74) is 4.61. The van der Waals surface area contributed by atoms with Gasteiger partial charge in [0.1, 0.15) is 11.5 Å². The molecular weight excluding hydrogens is 244 g/mol. The minimum Gasteiger partial charge on any atom is -0.508 e. The molecule has 0 bridgehead atoms. The van der Waals surface area contributed by atoms with Crippen molar-refractivity contribution in [2.45, 2.75) is 17.9 Å². The van der Waals surface area contributed by atoms with Crippen LogP contribution in [0.4, 0.5) is 0 Å². The van der Waals surface area contributed by atoms with E-state index in [0.29, 0.717) is 16.7 Å². The van der Waals surface area contributed by atoms with E-state index in [9.17, 15) is 10.2 Å². The van der Waals surface area contributed by atoms with Crippen LogP contribution in [0.2, 0.25) is 0 Å². The molecule has 2 aromatic carbocycles. The molecule has 1 aliphatic heterocycles. The normalized spacial score (nSPS) is 17.7. The molecule has 0 radical (unpaired) electrons. The lowest BCUT2D eigenvalue weighted by atomic mass is 9.94. The number of phenols is 2. The Hall–Kier alpha value is -1.61. The molecule has 0 amide bonds. The minimum atomic E-state index is 0.309. The summed E-state index contributed by atoms with van der Waals surface area (Å²) < 4.78 is 0. The second-order valence-corrected chi connectivity index (χ2v) is 5.90. The summed E-state index contributed by atoms with van der Waals surface area (Å²) in [6, 6.07) is 11.0. The number of hydrogen-bond donors (Lipinski definition) is 2. The number of fused-ring (bicyclic) bond motifs is 3. The van der Waals surface area contributed by atoms with Crippen LogP contribution in [-0.4, -0.2) is 10.2 Å². The molecule has 1 aliphatic rings.